The topological polar surface area (TPSA) is 47.0 Å². The van der Waals surface area contributed by atoms with Crippen molar-refractivity contribution in [2.45, 2.75) is 32.7 Å². The molecule has 1 N–H and O–H groups in total. The predicted octanol–water partition coefficient (Wildman–Crippen LogP) is 3.34. The number of aromatic nitrogens is 2. The van der Waals surface area contributed by atoms with Crippen molar-refractivity contribution in [3.8, 4) is 17.0 Å². The van der Waals surface area contributed by atoms with Crippen molar-refractivity contribution >= 4 is 5.82 Å². The summed E-state index contributed by atoms with van der Waals surface area (Å²) in [6.45, 7) is 4.10. The molecule has 0 bridgehead atoms. The molecule has 1 aliphatic rings. The van der Waals surface area contributed by atoms with Gasteiger partial charge in [-0.15, -0.1) is 10.2 Å². The number of hydrogen-bond acceptors (Lipinski definition) is 4. The van der Waals surface area contributed by atoms with Gasteiger partial charge < -0.3 is 10.1 Å². The van der Waals surface area contributed by atoms with E-state index in [0.717, 1.165) is 34.0 Å². The lowest BCUT2D eigenvalue weighted by atomic mass is 10.0. The summed E-state index contributed by atoms with van der Waals surface area (Å²) in [6, 6.07) is 8.76. The maximum Gasteiger partial charge on any atom is 0.148 e. The number of aryl methyl sites for hydroxylation is 2. The molecular weight excluding hydrogens is 250 g/mol. The number of anilines is 1. The van der Waals surface area contributed by atoms with Gasteiger partial charge >= 0.3 is 0 Å². The van der Waals surface area contributed by atoms with E-state index in [1.54, 1.807) is 7.11 Å². The minimum atomic E-state index is 0.597. The molecule has 0 unspecified atom stereocenters. The van der Waals surface area contributed by atoms with Crippen LogP contribution in [0, 0.1) is 13.8 Å². The molecular formula is C16H19N3O. The molecule has 0 radical (unpaired) electrons. The van der Waals surface area contributed by atoms with Gasteiger partial charge in [-0.2, -0.15) is 0 Å². The lowest BCUT2D eigenvalue weighted by Gasteiger charge is -2.11. The molecule has 0 atom stereocenters. The summed E-state index contributed by atoms with van der Waals surface area (Å²) in [5, 5.41) is 11.9. The van der Waals surface area contributed by atoms with Gasteiger partial charge in [-0.05, 0) is 62.1 Å². The standard InChI is InChI=1S/C16H19N3O/c1-10-9-15(20-3)11(2)8-13(10)14-6-7-16(19-18-14)17-12-4-5-12/h6-9,12H,4-5H2,1-3H3,(H,17,19). The fraction of sp³-hybridized carbons (Fsp3) is 0.375. The van der Waals surface area contributed by atoms with E-state index in [9.17, 15) is 0 Å². The Kier molecular flexibility index (Phi) is 3.30. The molecule has 3 rings (SSSR count). The summed E-state index contributed by atoms with van der Waals surface area (Å²) in [7, 11) is 1.69. The van der Waals surface area contributed by atoms with E-state index in [1.165, 1.54) is 12.8 Å². The molecule has 1 aromatic carbocycles. The van der Waals surface area contributed by atoms with E-state index in [0.29, 0.717) is 6.04 Å². The number of hydrogen-bond donors (Lipinski definition) is 1. The van der Waals surface area contributed by atoms with Gasteiger partial charge in [0.05, 0.1) is 12.8 Å². The van der Waals surface area contributed by atoms with Gasteiger partial charge in [-0.3, -0.25) is 0 Å². The first-order valence-electron chi connectivity index (χ1n) is 6.93. The van der Waals surface area contributed by atoms with Gasteiger partial charge in [-0.1, -0.05) is 0 Å². The van der Waals surface area contributed by atoms with Gasteiger partial charge in [0.1, 0.15) is 11.6 Å². The third-order valence-electron chi connectivity index (χ3n) is 3.61. The Balaban J connectivity index is 1.89. The normalized spacial score (nSPS) is 14.2. The third-order valence-corrected chi connectivity index (χ3v) is 3.61. The zero-order valence-electron chi connectivity index (χ0n) is 12.1. The van der Waals surface area contributed by atoms with Crippen LogP contribution in [0.5, 0.6) is 5.75 Å². The minimum Gasteiger partial charge on any atom is -0.496 e. The first-order chi connectivity index (χ1) is 9.67. The summed E-state index contributed by atoms with van der Waals surface area (Å²) in [5.74, 6) is 1.77. The van der Waals surface area contributed by atoms with E-state index < -0.39 is 0 Å². The van der Waals surface area contributed by atoms with Gasteiger partial charge in [0, 0.05) is 11.6 Å². The summed E-state index contributed by atoms with van der Waals surface area (Å²) >= 11 is 0. The Hall–Kier alpha value is -2.10. The second-order valence-electron chi connectivity index (χ2n) is 5.36. The van der Waals surface area contributed by atoms with Crippen LogP contribution in [0.1, 0.15) is 24.0 Å². The average Bonchev–Trinajstić information content (AvgIpc) is 3.26. The maximum atomic E-state index is 5.34. The molecule has 1 fully saturated rings. The van der Waals surface area contributed by atoms with E-state index in [4.69, 9.17) is 4.74 Å². The van der Waals surface area contributed by atoms with Crippen LogP contribution in [-0.4, -0.2) is 23.3 Å². The highest BCUT2D eigenvalue weighted by Gasteiger charge is 2.21. The highest BCUT2D eigenvalue weighted by atomic mass is 16.5. The average molecular weight is 269 g/mol. The third kappa shape index (κ3) is 2.59. The van der Waals surface area contributed by atoms with E-state index in [2.05, 4.69) is 28.5 Å². The Morgan fingerprint density at radius 3 is 2.50 bits per heavy atom. The molecule has 0 amide bonds. The number of nitrogens with zero attached hydrogens (tertiary/aromatic N) is 2. The molecule has 0 saturated heterocycles. The Labute approximate surface area is 119 Å². The molecule has 0 spiro atoms. The van der Waals surface area contributed by atoms with Crippen molar-refractivity contribution in [2.75, 3.05) is 12.4 Å². The van der Waals surface area contributed by atoms with Crippen LogP contribution < -0.4 is 10.1 Å². The quantitative estimate of drug-likeness (QED) is 0.924. The monoisotopic (exact) mass is 269 g/mol. The van der Waals surface area contributed by atoms with Crippen LogP contribution in [0.2, 0.25) is 0 Å². The summed E-state index contributed by atoms with van der Waals surface area (Å²) in [6.07, 6.45) is 2.47. The van der Waals surface area contributed by atoms with Crippen molar-refractivity contribution in [3.63, 3.8) is 0 Å². The minimum absolute atomic E-state index is 0.597. The molecule has 20 heavy (non-hydrogen) atoms. The molecule has 4 nitrogen and oxygen atoms in total. The Morgan fingerprint density at radius 2 is 1.90 bits per heavy atom. The van der Waals surface area contributed by atoms with E-state index >= 15 is 0 Å². The smallest absolute Gasteiger partial charge is 0.148 e. The van der Waals surface area contributed by atoms with Crippen LogP contribution in [0.15, 0.2) is 24.3 Å². The van der Waals surface area contributed by atoms with Crippen molar-refractivity contribution in [1.29, 1.82) is 0 Å². The lowest BCUT2D eigenvalue weighted by Crippen LogP contribution is -2.04. The second-order valence-corrected chi connectivity index (χ2v) is 5.36. The van der Waals surface area contributed by atoms with Crippen LogP contribution in [0.3, 0.4) is 0 Å². The van der Waals surface area contributed by atoms with Crippen molar-refractivity contribution < 1.29 is 4.74 Å². The molecule has 2 aromatic rings. The maximum absolute atomic E-state index is 5.34. The van der Waals surface area contributed by atoms with Gasteiger partial charge in [0.15, 0.2) is 0 Å². The summed E-state index contributed by atoms with van der Waals surface area (Å²) < 4.78 is 5.34. The SMILES string of the molecule is COc1cc(C)c(-c2ccc(NC3CC3)nn2)cc1C. The summed E-state index contributed by atoms with van der Waals surface area (Å²) in [5.41, 5.74) is 4.25. The highest BCUT2D eigenvalue weighted by molar-refractivity contribution is 5.66. The Morgan fingerprint density at radius 1 is 1.10 bits per heavy atom. The zero-order valence-corrected chi connectivity index (χ0v) is 12.1. The number of benzene rings is 1. The van der Waals surface area contributed by atoms with Crippen molar-refractivity contribution in [1.82, 2.24) is 10.2 Å². The van der Waals surface area contributed by atoms with Crippen molar-refractivity contribution in [2.24, 2.45) is 0 Å². The van der Waals surface area contributed by atoms with Crippen molar-refractivity contribution in [3.05, 3.63) is 35.4 Å². The van der Waals surface area contributed by atoms with Gasteiger partial charge in [0.2, 0.25) is 0 Å². The second kappa shape index (κ2) is 5.12. The van der Waals surface area contributed by atoms with Crippen LogP contribution in [0.4, 0.5) is 5.82 Å². The molecule has 104 valence electrons. The zero-order chi connectivity index (χ0) is 14.1. The van der Waals surface area contributed by atoms with E-state index in [1.807, 2.05) is 25.1 Å². The summed E-state index contributed by atoms with van der Waals surface area (Å²) in [4.78, 5) is 0. The molecule has 1 heterocycles. The number of ether oxygens (including phenoxy) is 1. The molecule has 1 saturated carbocycles. The highest BCUT2D eigenvalue weighted by Crippen LogP contribution is 2.29. The first kappa shape index (κ1) is 12.9. The van der Waals surface area contributed by atoms with E-state index in [-0.39, 0.29) is 0 Å². The lowest BCUT2D eigenvalue weighted by molar-refractivity contribution is 0.411. The van der Waals surface area contributed by atoms with Crippen LogP contribution in [0.25, 0.3) is 11.3 Å². The van der Waals surface area contributed by atoms with Crippen LogP contribution in [-0.2, 0) is 0 Å². The fourth-order valence-electron chi connectivity index (χ4n) is 2.28. The largest absolute Gasteiger partial charge is 0.496 e. The number of rotatable bonds is 4. The van der Waals surface area contributed by atoms with Gasteiger partial charge in [-0.25, -0.2) is 0 Å². The number of nitrogens with one attached hydrogen (secondary N) is 1. The molecule has 1 aromatic heterocycles. The van der Waals surface area contributed by atoms with Gasteiger partial charge in [0.25, 0.3) is 0 Å². The Bertz CT molecular complexity index is 618. The van der Waals surface area contributed by atoms with Crippen LogP contribution >= 0.6 is 0 Å². The fourth-order valence-corrected chi connectivity index (χ4v) is 2.28. The first-order valence-corrected chi connectivity index (χ1v) is 6.93. The molecule has 0 aliphatic heterocycles. The molecule has 1 aliphatic carbocycles. The molecule has 4 heteroatoms. The predicted molar refractivity (Wildman–Crippen MR) is 80.1 cm³/mol. The number of methoxy groups -OCH3 is 1.